The summed E-state index contributed by atoms with van der Waals surface area (Å²) in [6.07, 6.45) is 4.67. The molecule has 2 rings (SSSR count). The number of piperazine rings is 1. The van der Waals surface area contributed by atoms with Gasteiger partial charge < -0.3 is 9.80 Å². The van der Waals surface area contributed by atoms with Crippen LogP contribution in [0.1, 0.15) is 32.8 Å². The second-order valence-electron chi connectivity index (χ2n) is 6.36. The van der Waals surface area contributed by atoms with E-state index in [1.165, 1.54) is 0 Å². The lowest BCUT2D eigenvalue weighted by Gasteiger charge is -2.40. The standard InChI is InChI=1S/C19H26N2O2/c1-4-20-14-18(22)21(17(19(20)23)13-15(2)3)12-8-11-16-9-6-5-7-10-16/h5-11,15,17H,4,12-14H2,1-3H3/t17-/m0/s1. The van der Waals surface area contributed by atoms with Crippen LogP contribution in [-0.4, -0.2) is 47.3 Å². The molecule has 0 N–H and O–H groups in total. The molecule has 0 saturated carbocycles. The lowest BCUT2D eigenvalue weighted by atomic mass is 9.99. The molecule has 1 saturated heterocycles. The molecule has 23 heavy (non-hydrogen) atoms. The average molecular weight is 314 g/mol. The van der Waals surface area contributed by atoms with Crippen LogP contribution in [0.2, 0.25) is 0 Å². The third kappa shape index (κ3) is 4.44. The molecular formula is C19H26N2O2. The molecule has 1 atom stereocenters. The van der Waals surface area contributed by atoms with Crippen molar-refractivity contribution in [3.63, 3.8) is 0 Å². The molecule has 0 unspecified atom stereocenters. The van der Waals surface area contributed by atoms with Crippen molar-refractivity contribution in [1.29, 1.82) is 0 Å². The molecule has 0 bridgehead atoms. The zero-order valence-corrected chi connectivity index (χ0v) is 14.2. The van der Waals surface area contributed by atoms with Crippen molar-refractivity contribution in [3.8, 4) is 0 Å². The van der Waals surface area contributed by atoms with Crippen LogP contribution in [0.3, 0.4) is 0 Å². The van der Waals surface area contributed by atoms with E-state index in [1.807, 2.05) is 49.4 Å². The van der Waals surface area contributed by atoms with Gasteiger partial charge in [0.2, 0.25) is 11.8 Å². The summed E-state index contributed by atoms with van der Waals surface area (Å²) in [6, 6.07) is 9.64. The van der Waals surface area contributed by atoms with Crippen LogP contribution >= 0.6 is 0 Å². The summed E-state index contributed by atoms with van der Waals surface area (Å²) in [7, 11) is 0. The zero-order chi connectivity index (χ0) is 16.8. The third-order valence-corrected chi connectivity index (χ3v) is 4.11. The molecule has 1 heterocycles. The summed E-state index contributed by atoms with van der Waals surface area (Å²) in [5.74, 6) is 0.484. The summed E-state index contributed by atoms with van der Waals surface area (Å²) in [6.45, 7) is 7.36. The van der Waals surface area contributed by atoms with Gasteiger partial charge in [-0.3, -0.25) is 9.59 Å². The molecule has 0 radical (unpaired) electrons. The molecule has 124 valence electrons. The first kappa shape index (κ1) is 17.3. The van der Waals surface area contributed by atoms with E-state index in [-0.39, 0.29) is 24.4 Å². The average Bonchev–Trinajstić information content (AvgIpc) is 2.54. The number of hydrogen-bond acceptors (Lipinski definition) is 2. The van der Waals surface area contributed by atoms with Crippen molar-refractivity contribution in [2.45, 2.75) is 33.2 Å². The zero-order valence-electron chi connectivity index (χ0n) is 14.2. The number of rotatable bonds is 6. The number of likely N-dealkylation sites (N-methyl/N-ethyl adjacent to an activating group) is 1. The number of amides is 2. The topological polar surface area (TPSA) is 40.6 Å². The fourth-order valence-electron chi connectivity index (χ4n) is 2.89. The van der Waals surface area contributed by atoms with Gasteiger partial charge in [-0.05, 0) is 24.8 Å². The van der Waals surface area contributed by atoms with Gasteiger partial charge in [-0.2, -0.15) is 0 Å². The molecule has 1 fully saturated rings. The van der Waals surface area contributed by atoms with E-state index in [4.69, 9.17) is 0 Å². The second-order valence-corrected chi connectivity index (χ2v) is 6.36. The Labute approximate surface area is 138 Å². The van der Waals surface area contributed by atoms with E-state index in [0.717, 1.165) is 5.56 Å². The van der Waals surface area contributed by atoms with Crippen molar-refractivity contribution in [1.82, 2.24) is 9.80 Å². The van der Waals surface area contributed by atoms with Crippen LogP contribution in [0, 0.1) is 5.92 Å². The van der Waals surface area contributed by atoms with Gasteiger partial charge in [-0.1, -0.05) is 56.3 Å². The van der Waals surface area contributed by atoms with Gasteiger partial charge in [0.1, 0.15) is 6.04 Å². The van der Waals surface area contributed by atoms with Crippen LogP contribution in [0.4, 0.5) is 0 Å². The van der Waals surface area contributed by atoms with E-state index < -0.39 is 0 Å². The second kappa shape index (κ2) is 7.95. The van der Waals surface area contributed by atoms with Gasteiger partial charge in [0.05, 0.1) is 6.54 Å². The van der Waals surface area contributed by atoms with Gasteiger partial charge >= 0.3 is 0 Å². The molecule has 1 aromatic rings. The highest BCUT2D eigenvalue weighted by atomic mass is 16.2. The van der Waals surface area contributed by atoms with Crippen LogP contribution < -0.4 is 0 Å². The number of benzene rings is 1. The highest BCUT2D eigenvalue weighted by Crippen LogP contribution is 2.19. The minimum absolute atomic E-state index is 0.0369. The Balaban J connectivity index is 2.11. The van der Waals surface area contributed by atoms with Crippen molar-refractivity contribution in [3.05, 3.63) is 42.0 Å². The smallest absolute Gasteiger partial charge is 0.245 e. The quantitative estimate of drug-likeness (QED) is 0.810. The highest BCUT2D eigenvalue weighted by Gasteiger charge is 2.38. The van der Waals surface area contributed by atoms with Gasteiger partial charge in [-0.15, -0.1) is 0 Å². The molecule has 4 heteroatoms. The molecule has 0 spiro atoms. The van der Waals surface area contributed by atoms with Crippen molar-refractivity contribution < 1.29 is 9.59 Å². The maximum atomic E-state index is 12.6. The SMILES string of the molecule is CCN1CC(=O)N(CC=Cc2ccccc2)[C@@H](CC(C)C)C1=O. The molecule has 0 aromatic heterocycles. The molecular weight excluding hydrogens is 288 g/mol. The summed E-state index contributed by atoms with van der Waals surface area (Å²) in [5.41, 5.74) is 1.10. The largest absolute Gasteiger partial charge is 0.332 e. The van der Waals surface area contributed by atoms with Gasteiger partial charge in [-0.25, -0.2) is 0 Å². The van der Waals surface area contributed by atoms with Crippen molar-refractivity contribution in [2.24, 2.45) is 5.92 Å². The Hall–Kier alpha value is -2.10. The Bertz CT molecular complexity index is 566. The molecule has 0 aliphatic carbocycles. The monoisotopic (exact) mass is 314 g/mol. The maximum absolute atomic E-state index is 12.6. The lowest BCUT2D eigenvalue weighted by Crippen LogP contribution is -2.60. The predicted molar refractivity (Wildman–Crippen MR) is 92.7 cm³/mol. The number of carbonyl (C=O) groups excluding carboxylic acids is 2. The summed E-state index contributed by atoms with van der Waals surface area (Å²) < 4.78 is 0. The Morgan fingerprint density at radius 3 is 2.52 bits per heavy atom. The van der Waals surface area contributed by atoms with Crippen LogP contribution in [0.5, 0.6) is 0 Å². The van der Waals surface area contributed by atoms with Gasteiger partial charge in [0.25, 0.3) is 0 Å². The summed E-state index contributed by atoms with van der Waals surface area (Å²) >= 11 is 0. The van der Waals surface area contributed by atoms with E-state index >= 15 is 0 Å². The third-order valence-electron chi connectivity index (χ3n) is 4.11. The van der Waals surface area contributed by atoms with Crippen molar-refractivity contribution in [2.75, 3.05) is 19.6 Å². The van der Waals surface area contributed by atoms with E-state index in [0.29, 0.717) is 25.4 Å². The minimum atomic E-state index is -0.336. The first-order valence-electron chi connectivity index (χ1n) is 8.32. The van der Waals surface area contributed by atoms with Crippen molar-refractivity contribution >= 4 is 17.9 Å². The maximum Gasteiger partial charge on any atom is 0.245 e. The normalized spacial score (nSPS) is 19.2. The predicted octanol–water partition coefficient (Wildman–Crippen LogP) is 2.81. The Morgan fingerprint density at radius 2 is 1.91 bits per heavy atom. The Kier molecular flexibility index (Phi) is 5.97. The van der Waals surface area contributed by atoms with Gasteiger partial charge in [0, 0.05) is 13.1 Å². The molecule has 1 aliphatic heterocycles. The Morgan fingerprint density at radius 1 is 1.22 bits per heavy atom. The fraction of sp³-hybridized carbons (Fsp3) is 0.474. The molecule has 2 amide bonds. The van der Waals surface area contributed by atoms with Crippen LogP contribution in [0.25, 0.3) is 6.08 Å². The van der Waals surface area contributed by atoms with E-state index in [9.17, 15) is 9.59 Å². The van der Waals surface area contributed by atoms with E-state index in [1.54, 1.807) is 9.80 Å². The minimum Gasteiger partial charge on any atom is -0.332 e. The molecule has 1 aliphatic rings. The fourth-order valence-corrected chi connectivity index (χ4v) is 2.89. The van der Waals surface area contributed by atoms with Crippen LogP contribution in [-0.2, 0) is 9.59 Å². The molecule has 1 aromatic carbocycles. The molecule has 4 nitrogen and oxygen atoms in total. The first-order chi connectivity index (χ1) is 11.0. The number of carbonyl (C=O) groups is 2. The number of nitrogens with zero attached hydrogens (tertiary/aromatic N) is 2. The van der Waals surface area contributed by atoms with Gasteiger partial charge in [0.15, 0.2) is 0 Å². The number of hydrogen-bond donors (Lipinski definition) is 0. The lowest BCUT2D eigenvalue weighted by molar-refractivity contribution is -0.155. The first-order valence-corrected chi connectivity index (χ1v) is 8.32. The highest BCUT2D eigenvalue weighted by molar-refractivity contribution is 5.95. The summed E-state index contributed by atoms with van der Waals surface area (Å²) in [5, 5.41) is 0. The van der Waals surface area contributed by atoms with Crippen LogP contribution in [0.15, 0.2) is 36.4 Å². The summed E-state index contributed by atoms with van der Waals surface area (Å²) in [4.78, 5) is 28.4. The van der Waals surface area contributed by atoms with E-state index in [2.05, 4.69) is 13.8 Å².